The first-order chi connectivity index (χ1) is 15.3. The molecule has 4 N–H and O–H groups in total. The molecule has 2 unspecified atom stereocenters. The number of carbonyl (C=O) groups is 2. The number of anilines is 1. The molecule has 0 radical (unpaired) electrons. The summed E-state index contributed by atoms with van der Waals surface area (Å²) in [6.45, 7) is 2.13. The van der Waals surface area contributed by atoms with E-state index in [2.05, 4.69) is 11.9 Å². The number of fused-ring (bicyclic) bond motifs is 6. The van der Waals surface area contributed by atoms with Gasteiger partial charge in [-0.2, -0.15) is 0 Å². The summed E-state index contributed by atoms with van der Waals surface area (Å²) in [5, 5.41) is 22.4. The molecule has 8 heteroatoms. The zero-order chi connectivity index (χ0) is 22.4. The monoisotopic (exact) mass is 436 g/mol. The summed E-state index contributed by atoms with van der Waals surface area (Å²) >= 11 is 0. The van der Waals surface area contributed by atoms with E-state index in [1.807, 2.05) is 4.90 Å². The Morgan fingerprint density at radius 3 is 2.81 bits per heavy atom. The van der Waals surface area contributed by atoms with Gasteiger partial charge in [-0.3, -0.25) is 19.6 Å². The number of benzene rings is 1. The van der Waals surface area contributed by atoms with Crippen LogP contribution >= 0.6 is 0 Å². The lowest BCUT2D eigenvalue weighted by Crippen LogP contribution is -2.53. The van der Waals surface area contributed by atoms with Crippen molar-refractivity contribution in [3.63, 3.8) is 0 Å². The second-order valence-corrected chi connectivity index (χ2v) is 10.2. The largest absolute Gasteiger partial charge is 0.504 e. The average molecular weight is 437 g/mol. The summed E-state index contributed by atoms with van der Waals surface area (Å²) < 4.78 is 0. The molecule has 5 aliphatic rings. The van der Waals surface area contributed by atoms with Crippen molar-refractivity contribution < 1.29 is 19.8 Å². The molecular formula is C24H28N4O4. The summed E-state index contributed by atoms with van der Waals surface area (Å²) in [4.78, 5) is 31.9. The van der Waals surface area contributed by atoms with Crippen molar-refractivity contribution in [1.29, 1.82) is 0 Å². The van der Waals surface area contributed by atoms with Gasteiger partial charge in [-0.15, -0.1) is 0 Å². The molecule has 2 saturated carbocycles. The van der Waals surface area contributed by atoms with Crippen molar-refractivity contribution in [1.82, 2.24) is 5.01 Å². The normalized spacial score (nSPS) is 37.4. The number of Topliss-reactive ketones (excluding diaryl/α,β-unsaturated/α-hetero) is 1. The number of hydrogen-bond acceptors (Lipinski definition) is 7. The molecule has 2 aliphatic heterocycles. The van der Waals surface area contributed by atoms with Crippen molar-refractivity contribution in [2.24, 2.45) is 28.1 Å². The van der Waals surface area contributed by atoms with E-state index in [-0.39, 0.29) is 34.8 Å². The van der Waals surface area contributed by atoms with Crippen LogP contribution in [0.1, 0.15) is 56.1 Å². The van der Waals surface area contributed by atoms with Crippen LogP contribution in [0.25, 0.3) is 0 Å². The third-order valence-electron chi connectivity index (χ3n) is 8.86. The number of ketones is 1. The van der Waals surface area contributed by atoms with Gasteiger partial charge in [0.25, 0.3) is 5.91 Å². The molecule has 1 aromatic rings. The van der Waals surface area contributed by atoms with E-state index >= 15 is 0 Å². The van der Waals surface area contributed by atoms with Crippen LogP contribution < -0.4 is 10.7 Å². The van der Waals surface area contributed by atoms with Gasteiger partial charge in [-0.05, 0) is 61.5 Å². The van der Waals surface area contributed by atoms with Crippen molar-refractivity contribution >= 4 is 23.7 Å². The molecule has 8 nitrogen and oxygen atoms in total. The van der Waals surface area contributed by atoms with E-state index in [0.717, 1.165) is 41.8 Å². The molecule has 6 atom stereocenters. The summed E-state index contributed by atoms with van der Waals surface area (Å²) in [7, 11) is 0. The fourth-order valence-corrected chi connectivity index (χ4v) is 7.23. The van der Waals surface area contributed by atoms with Crippen LogP contribution in [0.5, 0.6) is 11.5 Å². The van der Waals surface area contributed by atoms with Gasteiger partial charge in [0, 0.05) is 29.7 Å². The topological polar surface area (TPSA) is 119 Å². The number of rotatable bonds is 1. The zero-order valence-corrected chi connectivity index (χ0v) is 18.1. The van der Waals surface area contributed by atoms with Gasteiger partial charge in [0.1, 0.15) is 17.9 Å². The Morgan fingerprint density at radius 1 is 1.19 bits per heavy atom. The molecule has 0 spiro atoms. The van der Waals surface area contributed by atoms with E-state index in [1.54, 1.807) is 18.5 Å². The Hall–Kier alpha value is -2.87. The number of aliphatic imine (C=N–C) groups is 1. The minimum atomic E-state index is -0.611. The molecule has 1 aromatic carbocycles. The summed E-state index contributed by atoms with van der Waals surface area (Å²) in [5.41, 5.74) is 2.22. The Bertz CT molecular complexity index is 1100. The Balaban J connectivity index is 1.47. The summed E-state index contributed by atoms with van der Waals surface area (Å²) in [5.74, 6) is 6.57. The van der Waals surface area contributed by atoms with Gasteiger partial charge in [0.05, 0.1) is 12.0 Å². The lowest BCUT2D eigenvalue weighted by molar-refractivity contribution is -0.131. The lowest BCUT2D eigenvalue weighted by Gasteiger charge is -2.49. The van der Waals surface area contributed by atoms with E-state index in [1.165, 1.54) is 6.20 Å². The fourth-order valence-electron chi connectivity index (χ4n) is 7.23. The fraction of sp³-hybridized carbons (Fsp3) is 0.542. The van der Waals surface area contributed by atoms with Gasteiger partial charge in [0.2, 0.25) is 0 Å². The van der Waals surface area contributed by atoms with Gasteiger partial charge >= 0.3 is 0 Å². The predicted molar refractivity (Wildman–Crippen MR) is 118 cm³/mol. The van der Waals surface area contributed by atoms with E-state index in [4.69, 9.17) is 5.84 Å². The maximum Gasteiger partial charge on any atom is 0.266 e. The van der Waals surface area contributed by atoms with Crippen molar-refractivity contribution in [3.8, 4) is 11.5 Å². The highest BCUT2D eigenvalue weighted by Crippen LogP contribution is 2.62. The third-order valence-corrected chi connectivity index (χ3v) is 8.86. The molecule has 168 valence electrons. The zero-order valence-electron chi connectivity index (χ0n) is 18.1. The summed E-state index contributed by atoms with van der Waals surface area (Å²) in [6, 6.07) is 0.612. The van der Waals surface area contributed by atoms with Crippen LogP contribution in [0.15, 0.2) is 23.3 Å². The molecule has 32 heavy (non-hydrogen) atoms. The van der Waals surface area contributed by atoms with Gasteiger partial charge in [0.15, 0.2) is 11.5 Å². The number of nitrogens with zero attached hydrogens (tertiary/aromatic N) is 3. The van der Waals surface area contributed by atoms with Gasteiger partial charge in [-0.25, -0.2) is 5.84 Å². The van der Waals surface area contributed by atoms with Crippen LogP contribution in [0, 0.1) is 17.3 Å². The SMILES string of the molecule is C[C@]12CC[C@@H]3c4c(N5C=NC6C=CN(N)C(=O)C65)cc(O)c(O)c4CC[C@H]3[C@@H]1CCC2=O. The minimum absolute atomic E-state index is 0.0685. The lowest BCUT2D eigenvalue weighted by atomic mass is 9.55. The number of hydrogen-bond donors (Lipinski definition) is 3. The molecule has 0 aromatic heterocycles. The highest BCUT2D eigenvalue weighted by Gasteiger charge is 2.55. The molecule has 0 saturated heterocycles. The van der Waals surface area contributed by atoms with E-state index < -0.39 is 6.04 Å². The number of amides is 1. The molecule has 1 amide bonds. The maximum atomic E-state index is 12.9. The number of phenolic OH excluding ortho intramolecular Hbond substituents is 2. The van der Waals surface area contributed by atoms with Crippen LogP contribution in [0.2, 0.25) is 0 Å². The Morgan fingerprint density at radius 2 is 2.00 bits per heavy atom. The average Bonchev–Trinajstić information content (AvgIpc) is 3.34. The minimum Gasteiger partial charge on any atom is -0.504 e. The molecule has 2 heterocycles. The number of hydrazine groups is 1. The number of carbonyl (C=O) groups excluding carboxylic acids is 2. The number of phenols is 2. The predicted octanol–water partition coefficient (Wildman–Crippen LogP) is 2.34. The highest BCUT2D eigenvalue weighted by molar-refractivity contribution is 5.99. The standard InChI is InChI=1S/C24H28N4O4/c1-24-8-6-13-12(15(24)4-5-19(24)30)2-3-14-20(13)17(10-18(29)22(14)31)27-11-26-16-7-9-28(25)23(32)21(16)27/h7,9-13,15-16,21,29,31H,2-6,8,25H2,1H3/t12-,13+,15+,16?,21?,24+/m1/s1. The van der Waals surface area contributed by atoms with Crippen LogP contribution in [-0.4, -0.2) is 45.3 Å². The summed E-state index contributed by atoms with van der Waals surface area (Å²) in [6.07, 6.45) is 9.77. The van der Waals surface area contributed by atoms with Crippen LogP contribution in [0.3, 0.4) is 0 Å². The van der Waals surface area contributed by atoms with Gasteiger partial charge in [-0.1, -0.05) is 6.92 Å². The molecule has 3 aliphatic carbocycles. The second-order valence-electron chi connectivity index (χ2n) is 10.2. The molecule has 6 rings (SSSR count). The second kappa shape index (κ2) is 6.57. The molecule has 2 fully saturated rings. The Kier molecular flexibility index (Phi) is 4.06. The first kappa shape index (κ1) is 19.8. The number of aromatic hydroxyl groups is 2. The molecule has 0 bridgehead atoms. The smallest absolute Gasteiger partial charge is 0.266 e. The number of nitrogens with two attached hydrogens (primary N) is 1. The van der Waals surface area contributed by atoms with Crippen LogP contribution in [0.4, 0.5) is 5.69 Å². The van der Waals surface area contributed by atoms with E-state index in [9.17, 15) is 19.8 Å². The van der Waals surface area contributed by atoms with Gasteiger partial charge < -0.3 is 15.1 Å². The highest BCUT2D eigenvalue weighted by atomic mass is 16.3. The van der Waals surface area contributed by atoms with Crippen molar-refractivity contribution in [2.45, 2.75) is 63.5 Å². The third kappa shape index (κ3) is 2.44. The first-order valence-electron chi connectivity index (χ1n) is 11.5. The van der Waals surface area contributed by atoms with Crippen molar-refractivity contribution in [2.75, 3.05) is 4.90 Å². The van der Waals surface area contributed by atoms with Crippen molar-refractivity contribution in [3.05, 3.63) is 29.5 Å². The molecular weight excluding hydrogens is 408 g/mol. The Labute approximate surface area is 186 Å². The maximum absolute atomic E-state index is 12.9. The van der Waals surface area contributed by atoms with E-state index in [0.29, 0.717) is 36.1 Å². The van der Waals surface area contributed by atoms with Crippen LogP contribution in [-0.2, 0) is 16.0 Å². The first-order valence-corrected chi connectivity index (χ1v) is 11.5. The quantitative estimate of drug-likeness (QED) is 0.353.